The van der Waals surface area contributed by atoms with Crippen LogP contribution in [-0.2, 0) is 0 Å². The summed E-state index contributed by atoms with van der Waals surface area (Å²) >= 11 is 12.0. The standard InChI is InChI=1S/C22H19Cl2N3O3/c1-12-11-18(25-13(2)19(12)14-7-9-15(23)10-8-14)26-22(29)27-21(28)20-16(24)5-4-6-17(20)30-3/h4-11H,1-3H3,(H2,25,26,27,28,29). The third-order valence-corrected chi connectivity index (χ3v) is 4.99. The number of nitrogens with one attached hydrogen (secondary N) is 2. The number of anilines is 1. The van der Waals surface area contributed by atoms with Crippen molar-refractivity contribution >= 4 is 41.0 Å². The molecule has 3 rings (SSSR count). The van der Waals surface area contributed by atoms with Crippen LogP contribution in [0.2, 0.25) is 10.0 Å². The number of hydrogen-bond acceptors (Lipinski definition) is 4. The molecule has 1 heterocycles. The molecular weight excluding hydrogens is 425 g/mol. The number of halogens is 2. The lowest BCUT2D eigenvalue weighted by Crippen LogP contribution is -2.35. The van der Waals surface area contributed by atoms with Crippen molar-refractivity contribution in [2.45, 2.75) is 13.8 Å². The Hall–Kier alpha value is -3.09. The smallest absolute Gasteiger partial charge is 0.327 e. The second-order valence-electron chi connectivity index (χ2n) is 6.52. The van der Waals surface area contributed by atoms with Gasteiger partial charge in [-0.05, 0) is 55.3 Å². The number of nitrogens with zero attached hydrogens (tertiary/aromatic N) is 1. The average Bonchev–Trinajstić information content (AvgIpc) is 2.68. The van der Waals surface area contributed by atoms with Crippen LogP contribution in [0.4, 0.5) is 10.6 Å². The lowest BCUT2D eigenvalue weighted by Gasteiger charge is -2.14. The van der Waals surface area contributed by atoms with E-state index in [9.17, 15) is 9.59 Å². The molecular formula is C22H19Cl2N3O3. The predicted octanol–water partition coefficient (Wildman–Crippen LogP) is 5.64. The van der Waals surface area contributed by atoms with E-state index in [0.29, 0.717) is 10.8 Å². The van der Waals surface area contributed by atoms with Gasteiger partial charge < -0.3 is 4.74 Å². The lowest BCUT2D eigenvalue weighted by atomic mass is 9.99. The maximum absolute atomic E-state index is 12.5. The molecule has 0 aliphatic rings. The van der Waals surface area contributed by atoms with Gasteiger partial charge in [-0.3, -0.25) is 15.4 Å². The van der Waals surface area contributed by atoms with Gasteiger partial charge in [0.1, 0.15) is 17.1 Å². The van der Waals surface area contributed by atoms with E-state index in [-0.39, 0.29) is 16.3 Å². The first-order valence-electron chi connectivity index (χ1n) is 8.99. The summed E-state index contributed by atoms with van der Waals surface area (Å²) < 4.78 is 5.14. The van der Waals surface area contributed by atoms with Gasteiger partial charge >= 0.3 is 6.03 Å². The number of imide groups is 1. The first-order valence-corrected chi connectivity index (χ1v) is 9.74. The highest BCUT2D eigenvalue weighted by atomic mass is 35.5. The van der Waals surface area contributed by atoms with E-state index in [2.05, 4.69) is 15.6 Å². The van der Waals surface area contributed by atoms with Crippen LogP contribution < -0.4 is 15.4 Å². The Morgan fingerprint density at radius 1 is 1.03 bits per heavy atom. The van der Waals surface area contributed by atoms with Crippen LogP contribution in [0.5, 0.6) is 5.75 Å². The molecule has 2 aromatic carbocycles. The highest BCUT2D eigenvalue weighted by molar-refractivity contribution is 6.34. The Labute approximate surface area is 184 Å². The molecule has 0 radical (unpaired) electrons. The number of aromatic nitrogens is 1. The third-order valence-electron chi connectivity index (χ3n) is 4.42. The summed E-state index contributed by atoms with van der Waals surface area (Å²) in [7, 11) is 1.42. The van der Waals surface area contributed by atoms with Crippen molar-refractivity contribution in [3.63, 3.8) is 0 Å². The zero-order chi connectivity index (χ0) is 21.8. The Morgan fingerprint density at radius 2 is 1.73 bits per heavy atom. The molecule has 0 spiro atoms. The molecule has 2 N–H and O–H groups in total. The summed E-state index contributed by atoms with van der Waals surface area (Å²) in [6, 6.07) is 13.2. The van der Waals surface area contributed by atoms with E-state index in [1.54, 1.807) is 24.3 Å². The number of benzene rings is 2. The van der Waals surface area contributed by atoms with E-state index in [4.69, 9.17) is 27.9 Å². The third kappa shape index (κ3) is 4.72. The molecule has 0 bridgehead atoms. The fourth-order valence-corrected chi connectivity index (χ4v) is 3.53. The summed E-state index contributed by atoms with van der Waals surface area (Å²) in [4.78, 5) is 29.3. The van der Waals surface area contributed by atoms with Crippen molar-refractivity contribution in [3.05, 3.63) is 75.4 Å². The van der Waals surface area contributed by atoms with Crippen LogP contribution in [0.1, 0.15) is 21.6 Å². The first kappa shape index (κ1) is 21.6. The van der Waals surface area contributed by atoms with E-state index in [1.165, 1.54) is 7.11 Å². The molecule has 6 nitrogen and oxygen atoms in total. The van der Waals surface area contributed by atoms with Crippen LogP contribution in [0.15, 0.2) is 48.5 Å². The number of amides is 3. The number of urea groups is 1. The Balaban J connectivity index is 1.78. The molecule has 3 aromatic rings. The number of methoxy groups -OCH3 is 1. The van der Waals surface area contributed by atoms with Gasteiger partial charge in [0, 0.05) is 16.3 Å². The van der Waals surface area contributed by atoms with Gasteiger partial charge in [-0.1, -0.05) is 41.4 Å². The Bertz CT molecular complexity index is 1090. The largest absolute Gasteiger partial charge is 0.496 e. The summed E-state index contributed by atoms with van der Waals surface area (Å²) in [5.41, 5.74) is 3.65. The minimum atomic E-state index is -0.729. The van der Waals surface area contributed by atoms with Crippen LogP contribution in [0, 0.1) is 13.8 Å². The van der Waals surface area contributed by atoms with Crippen LogP contribution in [0.25, 0.3) is 11.1 Å². The Kier molecular flexibility index (Phi) is 6.59. The highest BCUT2D eigenvalue weighted by Gasteiger charge is 2.19. The molecule has 8 heteroatoms. The molecule has 3 amide bonds. The second kappa shape index (κ2) is 9.15. The molecule has 0 fully saturated rings. The first-order chi connectivity index (χ1) is 14.3. The molecule has 1 aromatic heterocycles. The topological polar surface area (TPSA) is 80.3 Å². The van der Waals surface area contributed by atoms with Crippen molar-refractivity contribution in [1.82, 2.24) is 10.3 Å². The van der Waals surface area contributed by atoms with Gasteiger partial charge in [0.15, 0.2) is 0 Å². The zero-order valence-corrected chi connectivity index (χ0v) is 18.1. The summed E-state index contributed by atoms with van der Waals surface area (Å²) in [5, 5.41) is 5.65. The number of carbonyl (C=O) groups excluding carboxylic acids is 2. The van der Waals surface area contributed by atoms with Gasteiger partial charge in [0.05, 0.1) is 12.1 Å². The summed E-state index contributed by atoms with van der Waals surface area (Å²) in [6.07, 6.45) is 0. The maximum atomic E-state index is 12.5. The zero-order valence-electron chi connectivity index (χ0n) is 16.5. The maximum Gasteiger partial charge on any atom is 0.327 e. The van der Waals surface area contributed by atoms with Crippen molar-refractivity contribution in [1.29, 1.82) is 0 Å². The lowest BCUT2D eigenvalue weighted by molar-refractivity contribution is 0.0964. The number of hydrogen-bond donors (Lipinski definition) is 2. The molecule has 154 valence electrons. The van der Waals surface area contributed by atoms with Crippen molar-refractivity contribution in [3.8, 4) is 16.9 Å². The van der Waals surface area contributed by atoms with Crippen LogP contribution >= 0.6 is 23.2 Å². The van der Waals surface area contributed by atoms with E-state index < -0.39 is 11.9 Å². The van der Waals surface area contributed by atoms with E-state index >= 15 is 0 Å². The van der Waals surface area contributed by atoms with Crippen molar-refractivity contribution in [2.75, 3.05) is 12.4 Å². The van der Waals surface area contributed by atoms with Gasteiger partial charge in [0.2, 0.25) is 0 Å². The number of pyridine rings is 1. The SMILES string of the molecule is COc1cccc(Cl)c1C(=O)NC(=O)Nc1cc(C)c(-c2ccc(Cl)cc2)c(C)n1. The second-order valence-corrected chi connectivity index (χ2v) is 7.36. The molecule has 30 heavy (non-hydrogen) atoms. The molecule has 0 aliphatic heterocycles. The predicted molar refractivity (Wildman–Crippen MR) is 119 cm³/mol. The van der Waals surface area contributed by atoms with Crippen molar-refractivity contribution < 1.29 is 14.3 Å². The average molecular weight is 444 g/mol. The molecule has 0 saturated heterocycles. The summed E-state index contributed by atoms with van der Waals surface area (Å²) in [5.74, 6) is -0.0924. The number of carbonyl (C=O) groups is 2. The van der Waals surface area contributed by atoms with Crippen LogP contribution in [0.3, 0.4) is 0 Å². The fraction of sp³-hybridized carbons (Fsp3) is 0.136. The molecule has 0 saturated carbocycles. The molecule has 0 atom stereocenters. The van der Waals surface area contributed by atoms with Crippen molar-refractivity contribution in [2.24, 2.45) is 0 Å². The quantitative estimate of drug-likeness (QED) is 0.546. The minimum absolute atomic E-state index is 0.0789. The van der Waals surface area contributed by atoms with Gasteiger partial charge in [-0.25, -0.2) is 9.78 Å². The number of rotatable bonds is 4. The molecule has 0 aliphatic carbocycles. The minimum Gasteiger partial charge on any atom is -0.496 e. The van der Waals surface area contributed by atoms with E-state index in [1.807, 2.05) is 38.1 Å². The monoisotopic (exact) mass is 443 g/mol. The Morgan fingerprint density at radius 3 is 2.37 bits per heavy atom. The molecule has 0 unspecified atom stereocenters. The van der Waals surface area contributed by atoms with Gasteiger partial charge in [-0.15, -0.1) is 0 Å². The number of ether oxygens (including phenoxy) is 1. The highest BCUT2D eigenvalue weighted by Crippen LogP contribution is 2.29. The summed E-state index contributed by atoms with van der Waals surface area (Å²) in [6.45, 7) is 3.77. The van der Waals surface area contributed by atoms with Gasteiger partial charge in [-0.2, -0.15) is 0 Å². The van der Waals surface area contributed by atoms with E-state index in [0.717, 1.165) is 22.4 Å². The van der Waals surface area contributed by atoms with Crippen LogP contribution in [-0.4, -0.2) is 24.0 Å². The fourth-order valence-electron chi connectivity index (χ4n) is 3.16. The number of aryl methyl sites for hydroxylation is 2. The van der Waals surface area contributed by atoms with Gasteiger partial charge in [0.25, 0.3) is 5.91 Å². The normalized spacial score (nSPS) is 10.4.